The Balaban J connectivity index is 5.81. The number of nitrogens with two attached hydrogens (primary N) is 1. The van der Waals surface area contributed by atoms with E-state index in [-0.39, 0.29) is 8.52 Å². The molecule has 3 N–H and O–H groups in total. The van der Waals surface area contributed by atoms with Gasteiger partial charge < -0.3 is 9.05 Å². The third kappa shape index (κ3) is 6.88. The highest BCUT2D eigenvalue weighted by Crippen LogP contribution is 2.70. The first kappa shape index (κ1) is 17.5. The summed E-state index contributed by atoms with van der Waals surface area (Å²) in [6.07, 6.45) is 0. The van der Waals surface area contributed by atoms with Gasteiger partial charge in [-0.3, -0.25) is 10.7 Å². The van der Waals surface area contributed by atoms with Crippen molar-refractivity contribution < 1.29 is 17.4 Å². The first-order valence-electron chi connectivity index (χ1n) is 4.10. The Kier molecular flexibility index (Phi) is 6.83. The van der Waals surface area contributed by atoms with Crippen LogP contribution in [0, 0.1) is 5.16 Å². The molecule has 0 aliphatic heterocycles. The molecule has 0 spiro atoms. The third-order valence-corrected chi connectivity index (χ3v) is 7.84. The highest BCUT2D eigenvalue weighted by Gasteiger charge is 2.28. The lowest BCUT2D eigenvalue weighted by atomic mass is 11.8. The van der Waals surface area contributed by atoms with Gasteiger partial charge in [-0.05, 0) is 13.3 Å². The van der Waals surface area contributed by atoms with Crippen LogP contribution in [0.2, 0.25) is 0 Å². The Bertz CT molecular complexity index is 445. The zero-order valence-electron chi connectivity index (χ0n) is 9.78. The van der Waals surface area contributed by atoms with Gasteiger partial charge in [0.1, 0.15) is 0 Å². The van der Waals surface area contributed by atoms with Gasteiger partial charge >= 0.3 is 15.5 Å². The van der Waals surface area contributed by atoms with Crippen molar-refractivity contribution in [2.45, 2.75) is 0 Å². The molecule has 0 aromatic heterocycles. The lowest BCUT2D eigenvalue weighted by Crippen LogP contribution is -1.79. The minimum absolute atomic E-state index is 0.156. The Labute approximate surface area is 101 Å². The summed E-state index contributed by atoms with van der Waals surface area (Å²) in [5.74, 6) is 0. The molecule has 0 bridgehead atoms. The van der Waals surface area contributed by atoms with Crippen molar-refractivity contribution >= 4 is 31.2 Å². The van der Waals surface area contributed by atoms with E-state index < -0.39 is 22.7 Å². The number of nitrogens with one attached hydrogen (secondary N) is 1. The van der Waals surface area contributed by atoms with E-state index in [1.54, 1.807) is 0 Å². The quantitative estimate of drug-likeness (QED) is 0.689. The molecular formula is C4H15F2N5O2P4. The fourth-order valence-corrected chi connectivity index (χ4v) is 6.56. The van der Waals surface area contributed by atoms with Crippen LogP contribution in [0.15, 0.2) is 13.5 Å². The molecule has 0 aromatic carbocycles. The fraction of sp³-hybridized carbons (Fsp3) is 1.00. The maximum absolute atomic E-state index is 14.1. The van der Waals surface area contributed by atoms with Gasteiger partial charge in [-0.2, -0.15) is 17.4 Å². The Morgan fingerprint density at radius 1 is 1.12 bits per heavy atom. The molecule has 0 saturated heterocycles. The van der Waals surface area contributed by atoms with E-state index in [2.05, 4.69) is 22.6 Å². The average molecular weight is 327 g/mol. The first-order valence-corrected chi connectivity index (χ1v) is 10.7. The molecule has 0 aliphatic rings. The summed E-state index contributed by atoms with van der Waals surface area (Å²) in [7, 11) is -9.16. The molecule has 0 fully saturated rings. The van der Waals surface area contributed by atoms with E-state index in [0.29, 0.717) is 0 Å². The lowest BCUT2D eigenvalue weighted by molar-refractivity contribution is 0.408. The molecule has 0 aliphatic carbocycles. The molecule has 13 heteroatoms. The maximum Gasteiger partial charge on any atom is 0.388 e. The van der Waals surface area contributed by atoms with Crippen LogP contribution in [0.4, 0.5) is 8.39 Å². The number of rotatable bonds is 5. The molecule has 7 nitrogen and oxygen atoms in total. The summed E-state index contributed by atoms with van der Waals surface area (Å²) < 4.78 is 46.8. The van der Waals surface area contributed by atoms with Crippen LogP contribution < -0.4 is 5.50 Å². The fourth-order valence-electron chi connectivity index (χ4n) is 0.657. The number of nitrogens with zero attached hydrogens (tertiary/aromatic N) is 3. The van der Waals surface area contributed by atoms with Crippen LogP contribution in [-0.4, -0.2) is 27.5 Å². The summed E-state index contributed by atoms with van der Waals surface area (Å²) in [4.78, 5) is 0. The van der Waals surface area contributed by atoms with Gasteiger partial charge in [0.2, 0.25) is 0 Å². The minimum atomic E-state index is -4.23. The second kappa shape index (κ2) is 6.63. The average Bonchev–Trinajstić information content (AvgIpc) is 2.15. The van der Waals surface area contributed by atoms with Crippen LogP contribution in [0.25, 0.3) is 0 Å². The topological polar surface area (TPSA) is 105 Å². The first-order chi connectivity index (χ1) is 7.60. The van der Waals surface area contributed by atoms with Crippen LogP contribution in [-0.2, 0) is 9.05 Å². The molecule has 0 rings (SSSR count). The van der Waals surface area contributed by atoms with Crippen molar-refractivity contribution in [3.05, 3.63) is 0 Å². The van der Waals surface area contributed by atoms with E-state index in [0.717, 1.165) is 14.2 Å². The Morgan fingerprint density at radius 3 is 1.88 bits per heavy atom. The zero-order chi connectivity index (χ0) is 13.7. The second-order valence-corrected chi connectivity index (χ2v) is 10.9. The van der Waals surface area contributed by atoms with E-state index in [1.807, 2.05) is 0 Å². The largest absolute Gasteiger partial charge is 0.388 e. The van der Waals surface area contributed by atoms with Crippen molar-refractivity contribution in [2.24, 2.45) is 19.1 Å². The summed E-state index contributed by atoms with van der Waals surface area (Å²) in [6, 6.07) is 0. The van der Waals surface area contributed by atoms with Crippen molar-refractivity contribution in [1.82, 2.24) is 0 Å². The predicted octanol–water partition coefficient (Wildman–Crippen LogP) is 5.07. The number of hydrogen-bond donors (Lipinski definition) is 2. The van der Waals surface area contributed by atoms with Gasteiger partial charge in [0.15, 0.2) is 0 Å². The lowest BCUT2D eigenvalue weighted by Gasteiger charge is -2.14. The van der Waals surface area contributed by atoms with Crippen molar-refractivity contribution in [2.75, 3.05) is 27.5 Å². The van der Waals surface area contributed by atoms with Crippen LogP contribution in [0.1, 0.15) is 0 Å². The molecule has 0 saturated carbocycles. The van der Waals surface area contributed by atoms with E-state index >= 15 is 0 Å². The van der Waals surface area contributed by atoms with Gasteiger partial charge in [-0.1, -0.05) is 0 Å². The molecule has 17 heavy (non-hydrogen) atoms. The van der Waals surface area contributed by atoms with Crippen LogP contribution >= 0.6 is 31.2 Å². The Hall–Kier alpha value is 0.530. The highest BCUT2D eigenvalue weighted by atomic mass is 31.3. The number of halogens is 2. The predicted molar refractivity (Wildman–Crippen MR) is 70.0 cm³/mol. The summed E-state index contributed by atoms with van der Waals surface area (Å²) >= 11 is 0. The van der Waals surface area contributed by atoms with Crippen molar-refractivity contribution in [3.63, 3.8) is 0 Å². The standard InChI is InChI=1S/C4H15F2N5O2P4/c1-12-16(5,9-14-7)11-17(6,13-2)10-15(3,4)8/h8H,1-4H3,(H2,7,9). The minimum Gasteiger partial charge on any atom is -0.307 e. The molecule has 0 radical (unpaired) electrons. The summed E-state index contributed by atoms with van der Waals surface area (Å²) in [6.45, 7) is 2.86. The maximum atomic E-state index is 14.1. The molecule has 0 aromatic rings. The smallest absolute Gasteiger partial charge is 0.307 e. The van der Waals surface area contributed by atoms with Gasteiger partial charge in [-0.25, -0.2) is 0 Å². The van der Waals surface area contributed by atoms with Gasteiger partial charge in [0.25, 0.3) is 0 Å². The summed E-state index contributed by atoms with van der Waals surface area (Å²) in [5.41, 5.74) is 5.02. The molecule has 2 unspecified atom stereocenters. The van der Waals surface area contributed by atoms with E-state index in [9.17, 15) is 8.39 Å². The second-order valence-electron chi connectivity index (χ2n) is 3.09. The van der Waals surface area contributed by atoms with Crippen molar-refractivity contribution in [3.8, 4) is 0 Å². The normalized spacial score (nSPS) is 19.7. The molecular weight excluding hydrogens is 312 g/mol. The zero-order valence-corrected chi connectivity index (χ0v) is 13.4. The monoisotopic (exact) mass is 327 g/mol. The van der Waals surface area contributed by atoms with Crippen LogP contribution in [0.5, 0.6) is 0 Å². The van der Waals surface area contributed by atoms with Gasteiger partial charge in [-0.15, -0.1) is 4.52 Å². The molecule has 2 atom stereocenters. The van der Waals surface area contributed by atoms with E-state index in [1.165, 1.54) is 13.3 Å². The molecule has 0 amide bonds. The highest BCUT2D eigenvalue weighted by molar-refractivity contribution is 7.74. The van der Waals surface area contributed by atoms with Gasteiger partial charge in [0, 0.05) is 14.2 Å². The Morgan fingerprint density at radius 2 is 1.59 bits per heavy atom. The van der Waals surface area contributed by atoms with Crippen molar-refractivity contribution in [1.29, 1.82) is 5.16 Å². The summed E-state index contributed by atoms with van der Waals surface area (Å²) in [5, 5.41) is 7.54. The third-order valence-electron chi connectivity index (χ3n) is 1.18. The SMILES string of the molecule is COP(F)(=NP(C)(C)=N)N=P(F)(N=PN)OC. The van der Waals surface area contributed by atoms with E-state index in [4.69, 9.17) is 10.7 Å². The van der Waals surface area contributed by atoms with Crippen LogP contribution in [0.3, 0.4) is 0 Å². The van der Waals surface area contributed by atoms with Gasteiger partial charge in [0.05, 0.1) is 15.7 Å². The number of hydrogen-bond acceptors (Lipinski definition) is 3. The molecule has 0 heterocycles. The molecule has 102 valence electrons.